The number of nitrogen functional groups attached to an aromatic ring is 1. The van der Waals surface area contributed by atoms with Gasteiger partial charge in [-0.15, -0.1) is 0 Å². The Labute approximate surface area is 137 Å². The third kappa shape index (κ3) is 3.46. The van der Waals surface area contributed by atoms with Gasteiger partial charge in [0.2, 0.25) is 0 Å². The Bertz CT molecular complexity index is 729. The molecule has 0 spiro atoms. The Kier molecular flexibility index (Phi) is 5.16. The van der Waals surface area contributed by atoms with Gasteiger partial charge in [-0.05, 0) is 30.2 Å². The monoisotopic (exact) mass is 361 g/mol. The second kappa shape index (κ2) is 7.09. The van der Waals surface area contributed by atoms with Crippen LogP contribution >= 0.6 is 15.9 Å². The molecule has 22 heavy (non-hydrogen) atoms. The lowest BCUT2D eigenvalue weighted by Gasteiger charge is -2.07. The van der Waals surface area contributed by atoms with E-state index in [0.29, 0.717) is 22.1 Å². The molecule has 0 radical (unpaired) electrons. The van der Waals surface area contributed by atoms with Gasteiger partial charge in [0, 0.05) is 16.6 Å². The average Bonchev–Trinajstić information content (AvgIpc) is 2.54. The van der Waals surface area contributed by atoms with Crippen molar-refractivity contribution in [1.82, 2.24) is 0 Å². The van der Waals surface area contributed by atoms with E-state index >= 15 is 0 Å². The van der Waals surface area contributed by atoms with Gasteiger partial charge in [-0.25, -0.2) is 4.79 Å². The van der Waals surface area contributed by atoms with Crippen LogP contribution in [-0.2, 0) is 10.2 Å². The van der Waals surface area contributed by atoms with Gasteiger partial charge in [0.25, 0.3) is 0 Å². The van der Waals surface area contributed by atoms with E-state index in [2.05, 4.69) is 21.1 Å². The molecule has 4 N–H and O–H groups in total. The first-order valence-corrected chi connectivity index (χ1v) is 7.71. The summed E-state index contributed by atoms with van der Waals surface area (Å²) < 4.78 is 0. The van der Waals surface area contributed by atoms with Crippen LogP contribution in [0, 0.1) is 6.92 Å². The van der Waals surface area contributed by atoms with Crippen LogP contribution in [0.15, 0.2) is 47.6 Å². The zero-order chi connectivity index (χ0) is 16.1. The predicted octanol–water partition coefficient (Wildman–Crippen LogP) is 2.95. The number of carbonyl (C=O) groups is 1. The molecule has 0 aliphatic carbocycles. The third-order valence-electron chi connectivity index (χ3n) is 3.26. The fourth-order valence-corrected chi connectivity index (χ4v) is 2.44. The summed E-state index contributed by atoms with van der Waals surface area (Å²) >= 11 is 3.33. The minimum Gasteiger partial charge on any atom is -0.398 e. The maximum Gasteiger partial charge on any atom is 0.366 e. The lowest BCUT2D eigenvalue weighted by molar-refractivity contribution is 0.0515. The summed E-state index contributed by atoms with van der Waals surface area (Å²) in [6, 6.07) is 12.4. The standard InChI is InChI=1S/C16H16BrN3O2/c1-10-12(7-4-8-14(10)18)15(19)20-22-16(21)13-6-3-2-5-11(13)9-17/h2-8H,9,18H2,1H3,(H2,19,20). The molecule has 5 nitrogen and oxygen atoms in total. The molecule has 0 saturated heterocycles. The van der Waals surface area contributed by atoms with E-state index in [4.69, 9.17) is 16.3 Å². The first-order valence-electron chi connectivity index (χ1n) is 6.58. The number of hydrogen-bond donors (Lipinski definition) is 2. The Morgan fingerprint density at radius 3 is 2.59 bits per heavy atom. The summed E-state index contributed by atoms with van der Waals surface area (Å²) in [4.78, 5) is 17.0. The molecule has 0 aromatic heterocycles. The highest BCUT2D eigenvalue weighted by atomic mass is 79.9. The van der Waals surface area contributed by atoms with Crippen LogP contribution in [0.4, 0.5) is 5.69 Å². The zero-order valence-electron chi connectivity index (χ0n) is 12.0. The van der Waals surface area contributed by atoms with Gasteiger partial charge in [0.05, 0.1) is 5.56 Å². The summed E-state index contributed by atoms with van der Waals surface area (Å²) in [7, 11) is 0. The molecule has 2 aromatic carbocycles. The molecule has 0 amide bonds. The third-order valence-corrected chi connectivity index (χ3v) is 3.86. The zero-order valence-corrected chi connectivity index (χ0v) is 13.6. The highest BCUT2D eigenvalue weighted by Crippen LogP contribution is 2.16. The topological polar surface area (TPSA) is 90.7 Å². The molecule has 0 atom stereocenters. The largest absolute Gasteiger partial charge is 0.398 e. The van der Waals surface area contributed by atoms with E-state index in [1.165, 1.54) is 0 Å². The highest BCUT2D eigenvalue weighted by molar-refractivity contribution is 9.08. The van der Waals surface area contributed by atoms with E-state index in [1.54, 1.807) is 30.3 Å². The second-order valence-corrected chi connectivity index (χ2v) is 5.23. The summed E-state index contributed by atoms with van der Waals surface area (Å²) in [5.74, 6) is -0.450. The van der Waals surface area contributed by atoms with Gasteiger partial charge in [0.1, 0.15) is 0 Å². The Morgan fingerprint density at radius 1 is 1.18 bits per heavy atom. The van der Waals surface area contributed by atoms with E-state index < -0.39 is 5.97 Å². The maximum absolute atomic E-state index is 12.1. The molecule has 2 rings (SSSR count). The number of nitrogens with two attached hydrogens (primary N) is 2. The molecule has 2 aromatic rings. The van der Waals surface area contributed by atoms with E-state index in [1.807, 2.05) is 19.1 Å². The highest BCUT2D eigenvalue weighted by Gasteiger charge is 2.13. The summed E-state index contributed by atoms with van der Waals surface area (Å²) in [5, 5.41) is 4.27. The average molecular weight is 362 g/mol. The Hall–Kier alpha value is -2.34. The van der Waals surface area contributed by atoms with Crippen molar-refractivity contribution in [3.05, 3.63) is 64.7 Å². The molecule has 0 fully saturated rings. The van der Waals surface area contributed by atoms with Gasteiger partial charge in [-0.1, -0.05) is 51.4 Å². The number of benzene rings is 2. The minimum absolute atomic E-state index is 0.106. The predicted molar refractivity (Wildman–Crippen MR) is 90.8 cm³/mol. The minimum atomic E-state index is -0.556. The van der Waals surface area contributed by atoms with E-state index in [0.717, 1.165) is 11.1 Å². The lowest BCUT2D eigenvalue weighted by Crippen LogP contribution is -2.17. The maximum atomic E-state index is 12.1. The molecule has 0 unspecified atom stereocenters. The van der Waals surface area contributed by atoms with Gasteiger partial charge >= 0.3 is 5.97 Å². The van der Waals surface area contributed by atoms with E-state index in [9.17, 15) is 4.79 Å². The Morgan fingerprint density at radius 2 is 1.86 bits per heavy atom. The van der Waals surface area contributed by atoms with Crippen molar-refractivity contribution >= 4 is 33.4 Å². The molecule has 0 aliphatic rings. The van der Waals surface area contributed by atoms with Crippen LogP contribution in [0.25, 0.3) is 0 Å². The normalized spacial score (nSPS) is 11.3. The molecule has 6 heteroatoms. The quantitative estimate of drug-likeness (QED) is 0.219. The van der Waals surface area contributed by atoms with Crippen LogP contribution in [0.2, 0.25) is 0 Å². The van der Waals surface area contributed by atoms with Crippen molar-refractivity contribution < 1.29 is 9.63 Å². The number of halogens is 1. The fourth-order valence-electron chi connectivity index (χ4n) is 1.96. The number of carbonyl (C=O) groups excluding carboxylic acids is 1. The summed E-state index contributed by atoms with van der Waals surface area (Å²) in [6.07, 6.45) is 0. The van der Waals surface area contributed by atoms with Crippen LogP contribution in [0.3, 0.4) is 0 Å². The summed E-state index contributed by atoms with van der Waals surface area (Å²) in [5.41, 5.74) is 15.0. The number of hydrogen-bond acceptors (Lipinski definition) is 4. The molecule has 0 heterocycles. The smallest absolute Gasteiger partial charge is 0.366 e. The van der Waals surface area contributed by atoms with E-state index in [-0.39, 0.29) is 5.84 Å². The van der Waals surface area contributed by atoms with Crippen molar-refractivity contribution in [2.45, 2.75) is 12.3 Å². The van der Waals surface area contributed by atoms with Crippen LogP contribution in [-0.4, -0.2) is 11.8 Å². The molecule has 0 bridgehead atoms. The van der Waals surface area contributed by atoms with Gasteiger partial charge < -0.3 is 16.3 Å². The van der Waals surface area contributed by atoms with Gasteiger partial charge in [-0.3, -0.25) is 0 Å². The number of anilines is 1. The Balaban J connectivity index is 2.20. The number of nitrogens with zero attached hydrogens (tertiary/aromatic N) is 1. The SMILES string of the molecule is Cc1c(N)cccc1/C(N)=N/OC(=O)c1ccccc1CBr. The molecule has 114 valence electrons. The number of rotatable bonds is 4. The number of alkyl halides is 1. The number of amidine groups is 1. The van der Waals surface area contributed by atoms with Crippen molar-refractivity contribution in [3.63, 3.8) is 0 Å². The molecular formula is C16H16BrN3O2. The van der Waals surface area contributed by atoms with Crippen molar-refractivity contribution in [2.24, 2.45) is 10.9 Å². The van der Waals surface area contributed by atoms with Crippen molar-refractivity contribution in [3.8, 4) is 0 Å². The lowest BCUT2D eigenvalue weighted by atomic mass is 10.1. The van der Waals surface area contributed by atoms with Crippen LogP contribution < -0.4 is 11.5 Å². The fraction of sp³-hybridized carbons (Fsp3) is 0.125. The first-order chi connectivity index (χ1) is 10.5. The molecule has 0 aliphatic heterocycles. The van der Waals surface area contributed by atoms with Gasteiger partial charge in [0.15, 0.2) is 5.84 Å². The molecule has 0 saturated carbocycles. The first kappa shape index (κ1) is 16.0. The van der Waals surface area contributed by atoms with Crippen molar-refractivity contribution in [1.29, 1.82) is 0 Å². The van der Waals surface area contributed by atoms with Crippen LogP contribution in [0.5, 0.6) is 0 Å². The summed E-state index contributed by atoms with van der Waals surface area (Å²) in [6.45, 7) is 1.83. The second-order valence-electron chi connectivity index (χ2n) is 4.67. The number of oxime groups is 1. The van der Waals surface area contributed by atoms with Crippen molar-refractivity contribution in [2.75, 3.05) is 5.73 Å². The van der Waals surface area contributed by atoms with Gasteiger partial charge in [-0.2, -0.15) is 0 Å². The van der Waals surface area contributed by atoms with Crippen LogP contribution in [0.1, 0.15) is 27.0 Å². The molecular weight excluding hydrogens is 346 g/mol.